The second kappa shape index (κ2) is 3.74. The van der Waals surface area contributed by atoms with E-state index in [1.807, 2.05) is 11.6 Å². The summed E-state index contributed by atoms with van der Waals surface area (Å²) >= 11 is 6.10. The normalized spacial score (nSPS) is 33.8. The number of rotatable bonds is 3. The van der Waals surface area contributed by atoms with E-state index in [2.05, 4.69) is 5.10 Å². The summed E-state index contributed by atoms with van der Waals surface area (Å²) in [6.07, 6.45) is 5.13. The number of nitrogens with zero attached hydrogens (tertiary/aromatic N) is 2. The molecule has 3 atom stereocenters. The Kier molecular flexibility index (Phi) is 2.48. The fourth-order valence-corrected chi connectivity index (χ4v) is 3.70. The third kappa shape index (κ3) is 1.41. The fraction of sp³-hybridized carbons (Fsp3) is 0.750. The van der Waals surface area contributed by atoms with E-state index in [-0.39, 0.29) is 0 Å². The predicted molar refractivity (Wildman–Crippen MR) is 62.2 cm³/mol. The third-order valence-electron chi connectivity index (χ3n) is 4.25. The summed E-state index contributed by atoms with van der Waals surface area (Å²) in [5.74, 6) is 1.92. The zero-order valence-corrected chi connectivity index (χ0v) is 10.2. The maximum atomic E-state index is 10.4. The maximum absolute atomic E-state index is 10.4. The topological polar surface area (TPSA) is 38.0 Å². The van der Waals surface area contributed by atoms with Crippen molar-refractivity contribution in [3.8, 4) is 0 Å². The van der Waals surface area contributed by atoms with Gasteiger partial charge in [0.1, 0.15) is 6.10 Å². The highest BCUT2D eigenvalue weighted by Gasteiger charge is 2.56. The van der Waals surface area contributed by atoms with Crippen LogP contribution in [0.1, 0.15) is 38.0 Å². The molecule has 1 aromatic rings. The number of halogens is 1. The fourth-order valence-electron chi connectivity index (χ4n) is 3.45. The molecular weight excluding hydrogens is 224 g/mol. The molecule has 0 amide bonds. The second-order valence-corrected chi connectivity index (χ2v) is 5.38. The first kappa shape index (κ1) is 10.6. The first-order valence-corrected chi connectivity index (χ1v) is 6.51. The van der Waals surface area contributed by atoms with E-state index in [9.17, 15) is 5.11 Å². The van der Waals surface area contributed by atoms with Gasteiger partial charge in [-0.3, -0.25) is 4.68 Å². The van der Waals surface area contributed by atoms with E-state index in [1.165, 1.54) is 19.3 Å². The highest BCUT2D eigenvalue weighted by Crippen LogP contribution is 2.62. The molecule has 0 aromatic carbocycles. The summed E-state index contributed by atoms with van der Waals surface area (Å²) < 4.78 is 1.82. The zero-order valence-electron chi connectivity index (χ0n) is 9.43. The Morgan fingerprint density at radius 1 is 1.56 bits per heavy atom. The molecule has 3 rings (SSSR count). The lowest BCUT2D eigenvalue weighted by Crippen LogP contribution is -2.12. The molecule has 2 saturated carbocycles. The van der Waals surface area contributed by atoms with Crippen molar-refractivity contribution in [2.24, 2.45) is 17.8 Å². The minimum Gasteiger partial charge on any atom is -0.386 e. The Bertz CT molecular complexity index is 394. The molecule has 0 saturated heterocycles. The number of fused-ring (bicyclic) bond motifs is 1. The largest absolute Gasteiger partial charge is 0.386 e. The number of hydrogen-bond acceptors (Lipinski definition) is 2. The zero-order chi connectivity index (χ0) is 11.3. The molecule has 1 heterocycles. The summed E-state index contributed by atoms with van der Waals surface area (Å²) in [5, 5.41) is 15.2. The molecule has 2 aliphatic carbocycles. The number of aromatic nitrogens is 2. The van der Waals surface area contributed by atoms with Gasteiger partial charge in [0.15, 0.2) is 0 Å². The number of hydrogen-bond donors (Lipinski definition) is 1. The third-order valence-corrected chi connectivity index (χ3v) is 4.54. The molecule has 2 aliphatic rings. The van der Waals surface area contributed by atoms with Crippen molar-refractivity contribution >= 4 is 11.6 Å². The van der Waals surface area contributed by atoms with Crippen LogP contribution in [0.2, 0.25) is 5.02 Å². The van der Waals surface area contributed by atoms with Gasteiger partial charge in [-0.15, -0.1) is 0 Å². The molecule has 0 aliphatic heterocycles. The SMILES string of the molecule is CCn1ncc(Cl)c1C(O)C1C2CCCC21. The van der Waals surface area contributed by atoms with Crippen molar-refractivity contribution in [2.45, 2.75) is 38.8 Å². The van der Waals surface area contributed by atoms with Gasteiger partial charge in [-0.2, -0.15) is 5.10 Å². The van der Waals surface area contributed by atoms with E-state index >= 15 is 0 Å². The van der Waals surface area contributed by atoms with Gasteiger partial charge in [0.05, 0.1) is 16.9 Å². The molecule has 88 valence electrons. The van der Waals surface area contributed by atoms with Crippen LogP contribution in [0.5, 0.6) is 0 Å². The minimum atomic E-state index is -0.412. The Morgan fingerprint density at radius 3 is 2.88 bits per heavy atom. The number of aliphatic hydroxyl groups excluding tert-OH is 1. The van der Waals surface area contributed by atoms with Crippen molar-refractivity contribution in [1.82, 2.24) is 9.78 Å². The van der Waals surface area contributed by atoms with Crippen LogP contribution in [0.15, 0.2) is 6.20 Å². The van der Waals surface area contributed by atoms with Gasteiger partial charge in [-0.05, 0) is 37.5 Å². The van der Waals surface area contributed by atoms with Crippen molar-refractivity contribution in [1.29, 1.82) is 0 Å². The summed E-state index contributed by atoms with van der Waals surface area (Å²) in [6, 6.07) is 0. The van der Waals surface area contributed by atoms with Crippen LogP contribution in [0.3, 0.4) is 0 Å². The lowest BCUT2D eigenvalue weighted by Gasteiger charge is -2.14. The van der Waals surface area contributed by atoms with Crippen molar-refractivity contribution in [2.75, 3.05) is 0 Å². The van der Waals surface area contributed by atoms with Gasteiger partial charge in [0.2, 0.25) is 0 Å². The summed E-state index contributed by atoms with van der Waals surface area (Å²) in [7, 11) is 0. The average molecular weight is 241 g/mol. The van der Waals surface area contributed by atoms with Crippen molar-refractivity contribution in [3.63, 3.8) is 0 Å². The average Bonchev–Trinajstić information content (AvgIpc) is 2.66. The Balaban J connectivity index is 1.84. The van der Waals surface area contributed by atoms with Gasteiger partial charge in [-0.1, -0.05) is 18.0 Å². The van der Waals surface area contributed by atoms with E-state index in [0.717, 1.165) is 24.1 Å². The first-order chi connectivity index (χ1) is 7.74. The lowest BCUT2D eigenvalue weighted by atomic mass is 10.0. The standard InChI is InChI=1S/C12H17ClN2O/c1-2-15-11(9(13)6-14-15)12(16)10-7-4-3-5-8(7)10/h6-8,10,12,16H,2-5H2,1H3. The molecule has 0 radical (unpaired) electrons. The maximum Gasteiger partial charge on any atom is 0.100 e. The summed E-state index contributed by atoms with van der Waals surface area (Å²) in [5.41, 5.74) is 0.823. The molecule has 2 fully saturated rings. The van der Waals surface area contributed by atoms with Crippen LogP contribution in [-0.2, 0) is 6.54 Å². The minimum absolute atomic E-state index is 0.412. The van der Waals surface area contributed by atoms with Crippen LogP contribution in [0, 0.1) is 17.8 Å². The van der Waals surface area contributed by atoms with E-state index < -0.39 is 6.10 Å². The van der Waals surface area contributed by atoms with Crippen LogP contribution < -0.4 is 0 Å². The van der Waals surface area contributed by atoms with Gasteiger partial charge < -0.3 is 5.11 Å². The van der Waals surface area contributed by atoms with E-state index in [0.29, 0.717) is 10.9 Å². The van der Waals surface area contributed by atoms with Crippen molar-refractivity contribution < 1.29 is 5.11 Å². The Hall–Kier alpha value is -0.540. The molecule has 0 bridgehead atoms. The molecule has 16 heavy (non-hydrogen) atoms. The Labute approximate surface area is 100 Å². The summed E-state index contributed by atoms with van der Waals surface area (Å²) in [6.45, 7) is 2.79. The van der Waals surface area contributed by atoms with Crippen LogP contribution in [0.25, 0.3) is 0 Å². The monoisotopic (exact) mass is 240 g/mol. The highest BCUT2D eigenvalue weighted by atomic mass is 35.5. The van der Waals surface area contributed by atoms with Crippen LogP contribution >= 0.6 is 11.6 Å². The molecule has 3 nitrogen and oxygen atoms in total. The molecular formula is C12H17ClN2O. The molecule has 1 aromatic heterocycles. The summed E-state index contributed by atoms with van der Waals surface area (Å²) in [4.78, 5) is 0. The van der Waals surface area contributed by atoms with E-state index in [1.54, 1.807) is 6.20 Å². The quantitative estimate of drug-likeness (QED) is 0.882. The Morgan fingerprint density at radius 2 is 2.25 bits per heavy atom. The van der Waals surface area contributed by atoms with Gasteiger partial charge in [0, 0.05) is 6.54 Å². The molecule has 4 heteroatoms. The smallest absolute Gasteiger partial charge is 0.100 e. The molecule has 1 N–H and O–H groups in total. The lowest BCUT2D eigenvalue weighted by molar-refractivity contribution is 0.127. The predicted octanol–water partition coefficient (Wildman–Crippen LogP) is 2.64. The van der Waals surface area contributed by atoms with Crippen molar-refractivity contribution in [3.05, 3.63) is 16.9 Å². The van der Waals surface area contributed by atoms with Gasteiger partial charge >= 0.3 is 0 Å². The first-order valence-electron chi connectivity index (χ1n) is 6.13. The van der Waals surface area contributed by atoms with E-state index in [4.69, 9.17) is 11.6 Å². The highest BCUT2D eigenvalue weighted by molar-refractivity contribution is 6.31. The van der Waals surface area contributed by atoms with Crippen LogP contribution in [-0.4, -0.2) is 14.9 Å². The number of aliphatic hydroxyl groups is 1. The number of aryl methyl sites for hydroxylation is 1. The molecule has 3 unspecified atom stereocenters. The second-order valence-electron chi connectivity index (χ2n) is 4.97. The van der Waals surface area contributed by atoms with Crippen LogP contribution in [0.4, 0.5) is 0 Å². The van der Waals surface area contributed by atoms with Gasteiger partial charge in [0.25, 0.3) is 0 Å². The molecule has 0 spiro atoms. The van der Waals surface area contributed by atoms with Gasteiger partial charge in [-0.25, -0.2) is 0 Å².